The van der Waals surface area contributed by atoms with Gasteiger partial charge >= 0.3 is 5.97 Å². The Morgan fingerprint density at radius 1 is 1.44 bits per heavy atom. The third kappa shape index (κ3) is 1.90. The van der Waals surface area contributed by atoms with E-state index in [9.17, 15) is 9.90 Å². The number of phenols is 1. The molecule has 3 nitrogen and oxygen atoms in total. The molecule has 1 aromatic rings. The molecule has 0 bridgehead atoms. The number of phenolic OH excluding ortho intramolecular Hbond substituents is 1. The van der Waals surface area contributed by atoms with E-state index in [4.69, 9.17) is 4.74 Å². The standard InChI is InChI=1S/C13H16O3/c1-8(13(15)16-2)10-5-9-3-4-12(14)7-11(9)6-10/h3-4,7-8,10,14H,5-6H2,1-2H3. The first-order chi connectivity index (χ1) is 7.61. The minimum absolute atomic E-state index is 0.0838. The summed E-state index contributed by atoms with van der Waals surface area (Å²) in [5.41, 5.74) is 2.39. The zero-order valence-corrected chi connectivity index (χ0v) is 9.56. The normalized spacial score (nSPS) is 20.2. The highest BCUT2D eigenvalue weighted by Crippen LogP contribution is 2.33. The van der Waals surface area contributed by atoms with E-state index >= 15 is 0 Å². The number of benzene rings is 1. The monoisotopic (exact) mass is 220 g/mol. The second-order valence-corrected chi connectivity index (χ2v) is 4.43. The molecule has 0 aromatic heterocycles. The van der Waals surface area contributed by atoms with Crippen molar-refractivity contribution in [3.05, 3.63) is 29.3 Å². The molecule has 86 valence electrons. The molecular formula is C13H16O3. The van der Waals surface area contributed by atoms with Crippen LogP contribution in [0.15, 0.2) is 18.2 Å². The maximum Gasteiger partial charge on any atom is 0.308 e. The van der Waals surface area contributed by atoms with E-state index in [1.807, 2.05) is 13.0 Å². The number of ether oxygens (including phenoxy) is 1. The lowest BCUT2D eigenvalue weighted by molar-refractivity contribution is -0.146. The molecule has 1 aliphatic carbocycles. The molecule has 2 atom stereocenters. The van der Waals surface area contributed by atoms with Crippen molar-refractivity contribution < 1.29 is 14.6 Å². The fourth-order valence-corrected chi connectivity index (χ4v) is 2.37. The zero-order chi connectivity index (χ0) is 11.7. The van der Waals surface area contributed by atoms with E-state index in [1.165, 1.54) is 12.7 Å². The van der Waals surface area contributed by atoms with Crippen LogP contribution in [-0.4, -0.2) is 18.2 Å². The van der Waals surface area contributed by atoms with Crippen LogP contribution in [0, 0.1) is 11.8 Å². The van der Waals surface area contributed by atoms with Gasteiger partial charge in [-0.15, -0.1) is 0 Å². The van der Waals surface area contributed by atoms with Gasteiger partial charge in [-0.3, -0.25) is 4.79 Å². The summed E-state index contributed by atoms with van der Waals surface area (Å²) in [6.07, 6.45) is 1.74. The van der Waals surface area contributed by atoms with E-state index in [0.29, 0.717) is 11.7 Å². The number of carbonyl (C=O) groups is 1. The second kappa shape index (κ2) is 4.16. The van der Waals surface area contributed by atoms with Gasteiger partial charge in [-0.25, -0.2) is 0 Å². The second-order valence-electron chi connectivity index (χ2n) is 4.43. The summed E-state index contributed by atoms with van der Waals surface area (Å²) < 4.78 is 4.76. The molecule has 2 unspecified atom stereocenters. The summed E-state index contributed by atoms with van der Waals surface area (Å²) in [6, 6.07) is 5.43. The molecular weight excluding hydrogens is 204 g/mol. The Bertz CT molecular complexity index is 412. The van der Waals surface area contributed by atoms with Gasteiger partial charge in [0.25, 0.3) is 0 Å². The molecule has 0 spiro atoms. The topological polar surface area (TPSA) is 46.5 Å². The van der Waals surface area contributed by atoms with E-state index in [1.54, 1.807) is 12.1 Å². The highest BCUT2D eigenvalue weighted by atomic mass is 16.5. The molecule has 1 aliphatic rings. The number of hydrogen-bond donors (Lipinski definition) is 1. The van der Waals surface area contributed by atoms with Crippen LogP contribution in [0.5, 0.6) is 5.75 Å². The molecule has 0 heterocycles. The van der Waals surface area contributed by atoms with E-state index in [2.05, 4.69) is 0 Å². The van der Waals surface area contributed by atoms with Crippen molar-refractivity contribution in [1.29, 1.82) is 0 Å². The Morgan fingerprint density at radius 2 is 2.12 bits per heavy atom. The van der Waals surface area contributed by atoms with Gasteiger partial charge < -0.3 is 9.84 Å². The minimum Gasteiger partial charge on any atom is -0.508 e. The van der Waals surface area contributed by atoms with Crippen LogP contribution >= 0.6 is 0 Å². The van der Waals surface area contributed by atoms with Gasteiger partial charge in [0.15, 0.2) is 0 Å². The number of esters is 1. The Kier molecular flexibility index (Phi) is 2.86. The highest BCUT2D eigenvalue weighted by molar-refractivity contribution is 5.72. The van der Waals surface area contributed by atoms with Crippen molar-refractivity contribution in [3.8, 4) is 5.75 Å². The SMILES string of the molecule is COC(=O)C(C)C1Cc2ccc(O)cc2C1. The van der Waals surface area contributed by atoms with Crippen LogP contribution in [0.1, 0.15) is 18.1 Å². The van der Waals surface area contributed by atoms with Crippen molar-refractivity contribution in [2.45, 2.75) is 19.8 Å². The van der Waals surface area contributed by atoms with Gasteiger partial charge in [-0.1, -0.05) is 13.0 Å². The van der Waals surface area contributed by atoms with Gasteiger partial charge in [0.2, 0.25) is 0 Å². The first-order valence-electron chi connectivity index (χ1n) is 5.50. The lowest BCUT2D eigenvalue weighted by atomic mass is 9.91. The van der Waals surface area contributed by atoms with Crippen LogP contribution in [0.4, 0.5) is 0 Å². The predicted molar refractivity (Wildman–Crippen MR) is 60.2 cm³/mol. The molecule has 0 fully saturated rings. The quantitative estimate of drug-likeness (QED) is 0.774. The number of carbonyl (C=O) groups excluding carboxylic acids is 1. The molecule has 0 radical (unpaired) electrons. The first kappa shape index (κ1) is 11.0. The summed E-state index contributed by atoms with van der Waals surface area (Å²) >= 11 is 0. The van der Waals surface area contributed by atoms with Crippen molar-refractivity contribution in [3.63, 3.8) is 0 Å². The molecule has 1 N–H and O–H groups in total. The summed E-state index contributed by atoms with van der Waals surface area (Å²) in [4.78, 5) is 11.4. The molecule has 2 rings (SSSR count). The first-order valence-corrected chi connectivity index (χ1v) is 5.50. The van der Waals surface area contributed by atoms with Gasteiger partial charge in [0.05, 0.1) is 13.0 Å². The van der Waals surface area contributed by atoms with E-state index in [-0.39, 0.29) is 11.9 Å². The van der Waals surface area contributed by atoms with Crippen molar-refractivity contribution in [1.82, 2.24) is 0 Å². The van der Waals surface area contributed by atoms with Gasteiger partial charge in [-0.05, 0) is 42.0 Å². The molecule has 0 aliphatic heterocycles. The van der Waals surface area contributed by atoms with Crippen molar-refractivity contribution >= 4 is 5.97 Å². The third-order valence-electron chi connectivity index (χ3n) is 3.43. The van der Waals surface area contributed by atoms with Crippen molar-refractivity contribution in [2.75, 3.05) is 7.11 Å². The number of methoxy groups -OCH3 is 1. The maximum absolute atomic E-state index is 11.4. The molecule has 0 saturated heterocycles. The third-order valence-corrected chi connectivity index (χ3v) is 3.43. The number of fused-ring (bicyclic) bond motifs is 1. The van der Waals surface area contributed by atoms with Crippen molar-refractivity contribution in [2.24, 2.45) is 11.8 Å². The Balaban J connectivity index is 2.13. The van der Waals surface area contributed by atoms with E-state index in [0.717, 1.165) is 18.4 Å². The fraction of sp³-hybridized carbons (Fsp3) is 0.462. The average Bonchev–Trinajstić information content (AvgIpc) is 2.69. The van der Waals surface area contributed by atoms with Crippen LogP contribution in [0.2, 0.25) is 0 Å². The number of rotatable bonds is 2. The van der Waals surface area contributed by atoms with Gasteiger partial charge in [0, 0.05) is 0 Å². The highest BCUT2D eigenvalue weighted by Gasteiger charge is 2.30. The predicted octanol–water partition coefficient (Wildman–Crippen LogP) is 1.92. The van der Waals surface area contributed by atoms with Gasteiger partial charge in [0.1, 0.15) is 5.75 Å². The van der Waals surface area contributed by atoms with E-state index < -0.39 is 0 Å². The molecule has 3 heteroatoms. The lowest BCUT2D eigenvalue weighted by Crippen LogP contribution is -2.22. The zero-order valence-electron chi connectivity index (χ0n) is 9.56. The minimum atomic E-state index is -0.151. The summed E-state index contributed by atoms with van der Waals surface area (Å²) in [5, 5.41) is 9.38. The number of aromatic hydroxyl groups is 1. The maximum atomic E-state index is 11.4. The van der Waals surface area contributed by atoms with Crippen LogP contribution in [-0.2, 0) is 22.4 Å². The van der Waals surface area contributed by atoms with Gasteiger partial charge in [-0.2, -0.15) is 0 Å². The summed E-state index contributed by atoms with van der Waals surface area (Å²) in [7, 11) is 1.42. The Labute approximate surface area is 95.0 Å². The van der Waals surface area contributed by atoms with Crippen LogP contribution < -0.4 is 0 Å². The van der Waals surface area contributed by atoms with Crippen LogP contribution in [0.25, 0.3) is 0 Å². The Morgan fingerprint density at radius 3 is 2.81 bits per heavy atom. The molecule has 0 saturated carbocycles. The Hall–Kier alpha value is -1.51. The summed E-state index contributed by atoms with van der Waals surface area (Å²) in [5.74, 6) is 0.357. The molecule has 1 aromatic carbocycles. The molecule has 16 heavy (non-hydrogen) atoms. The number of hydrogen-bond acceptors (Lipinski definition) is 3. The lowest BCUT2D eigenvalue weighted by Gasteiger charge is -2.15. The fourth-order valence-electron chi connectivity index (χ4n) is 2.37. The average molecular weight is 220 g/mol. The smallest absolute Gasteiger partial charge is 0.308 e. The summed E-state index contributed by atoms with van der Waals surface area (Å²) in [6.45, 7) is 1.90. The largest absolute Gasteiger partial charge is 0.508 e. The van der Waals surface area contributed by atoms with Crippen LogP contribution in [0.3, 0.4) is 0 Å². The molecule has 0 amide bonds.